The first-order valence-electron chi connectivity index (χ1n) is 15.4. The number of carbonyl (C=O) groups excluding carboxylic acids is 2. The van der Waals surface area contributed by atoms with Crippen molar-refractivity contribution in [1.82, 2.24) is 20.4 Å². The number of nitrogens with zero attached hydrogens (tertiary/aromatic N) is 2. The Kier molecular flexibility index (Phi) is 12.3. The summed E-state index contributed by atoms with van der Waals surface area (Å²) in [6.45, 7) is 10.0. The Morgan fingerprint density at radius 2 is 1.54 bits per heavy atom. The lowest BCUT2D eigenvalue weighted by Gasteiger charge is -2.32. The van der Waals surface area contributed by atoms with Crippen LogP contribution in [-0.4, -0.2) is 79.8 Å². The van der Waals surface area contributed by atoms with Crippen molar-refractivity contribution in [3.8, 4) is 5.75 Å². The number of nitrogens with one attached hydrogen (secondary N) is 2. The van der Waals surface area contributed by atoms with Gasteiger partial charge in [0.15, 0.2) is 0 Å². The van der Waals surface area contributed by atoms with Gasteiger partial charge in [0.2, 0.25) is 5.91 Å². The van der Waals surface area contributed by atoms with Crippen molar-refractivity contribution in [2.75, 3.05) is 45.9 Å². The molecule has 0 unspecified atom stereocenters. The van der Waals surface area contributed by atoms with E-state index in [2.05, 4.69) is 53.6 Å². The second-order valence-electron chi connectivity index (χ2n) is 11.8. The zero-order valence-electron chi connectivity index (χ0n) is 24.9. The summed E-state index contributed by atoms with van der Waals surface area (Å²) in [4.78, 5) is 31.0. The van der Waals surface area contributed by atoms with E-state index in [4.69, 9.17) is 9.47 Å². The number of morpholine rings is 1. The Labute approximate surface area is 245 Å². The summed E-state index contributed by atoms with van der Waals surface area (Å²) in [5, 5.41) is 6.39. The van der Waals surface area contributed by atoms with Crippen molar-refractivity contribution in [3.63, 3.8) is 0 Å². The Morgan fingerprint density at radius 1 is 0.854 bits per heavy atom. The van der Waals surface area contributed by atoms with Gasteiger partial charge in [0, 0.05) is 38.8 Å². The molecule has 4 rings (SSSR count). The molecule has 0 aromatic heterocycles. The molecule has 2 aromatic carbocycles. The highest BCUT2D eigenvalue weighted by atomic mass is 16.5. The van der Waals surface area contributed by atoms with E-state index in [1.807, 2.05) is 35.2 Å². The Balaban J connectivity index is 1.39. The van der Waals surface area contributed by atoms with Crippen molar-refractivity contribution >= 4 is 11.9 Å². The van der Waals surface area contributed by atoms with Gasteiger partial charge in [-0.25, -0.2) is 4.79 Å². The normalized spacial score (nSPS) is 17.9. The first-order chi connectivity index (χ1) is 20.0. The number of hydrogen-bond donors (Lipinski definition) is 2. The first kappa shape index (κ1) is 30.8. The molecular formula is C33H48N4O4. The SMILES string of the molecule is CC(C)C[C@H](NC(=O)N1CCCCCC1)C(=O)N[C@@H](Cc1ccc(OCc2ccccc2)cc1)CN1CCOCC1. The molecule has 8 nitrogen and oxygen atoms in total. The summed E-state index contributed by atoms with van der Waals surface area (Å²) in [6, 6.07) is 17.5. The fourth-order valence-corrected chi connectivity index (χ4v) is 5.52. The summed E-state index contributed by atoms with van der Waals surface area (Å²) in [7, 11) is 0. The molecule has 2 aliphatic heterocycles. The maximum atomic E-state index is 13.7. The van der Waals surface area contributed by atoms with Crippen molar-refractivity contribution in [3.05, 3.63) is 65.7 Å². The van der Waals surface area contributed by atoms with Crippen LogP contribution < -0.4 is 15.4 Å². The fraction of sp³-hybridized carbons (Fsp3) is 0.576. The lowest BCUT2D eigenvalue weighted by Crippen LogP contribution is -2.56. The molecule has 0 saturated carbocycles. The van der Waals surface area contributed by atoms with Crippen LogP contribution in [0.4, 0.5) is 4.79 Å². The molecular weight excluding hydrogens is 516 g/mol. The lowest BCUT2D eigenvalue weighted by atomic mass is 10.0. The number of benzene rings is 2. The number of hydrogen-bond acceptors (Lipinski definition) is 5. The number of carbonyl (C=O) groups is 2. The van der Waals surface area contributed by atoms with E-state index in [-0.39, 0.29) is 23.9 Å². The summed E-state index contributed by atoms with van der Waals surface area (Å²) >= 11 is 0. The van der Waals surface area contributed by atoms with Crippen LogP contribution in [0.15, 0.2) is 54.6 Å². The molecule has 8 heteroatoms. The standard InChI is InChI=1S/C33H48N4O4/c1-26(2)22-31(35-33(39)37-16-8-3-4-9-17-37)32(38)34-29(24-36-18-20-40-21-19-36)23-27-12-14-30(15-13-27)41-25-28-10-6-5-7-11-28/h5-7,10-15,26,29,31H,3-4,8-9,16-25H2,1-2H3,(H,34,38)(H,35,39)/t29-,31-/m0/s1. The molecule has 2 atom stereocenters. The molecule has 0 radical (unpaired) electrons. The van der Waals surface area contributed by atoms with E-state index in [1.54, 1.807) is 0 Å². The molecule has 41 heavy (non-hydrogen) atoms. The van der Waals surface area contributed by atoms with Gasteiger partial charge in [-0.05, 0) is 54.9 Å². The van der Waals surface area contributed by atoms with Crippen LogP contribution in [0.25, 0.3) is 0 Å². The average Bonchev–Trinajstić information content (AvgIpc) is 3.27. The number of amides is 3. The third-order valence-corrected chi connectivity index (χ3v) is 7.80. The largest absolute Gasteiger partial charge is 0.489 e. The van der Waals surface area contributed by atoms with Crippen molar-refractivity contribution in [1.29, 1.82) is 0 Å². The van der Waals surface area contributed by atoms with Gasteiger partial charge in [-0.2, -0.15) is 0 Å². The summed E-state index contributed by atoms with van der Waals surface area (Å²) in [5.74, 6) is 0.985. The van der Waals surface area contributed by atoms with Gasteiger partial charge >= 0.3 is 6.03 Å². The van der Waals surface area contributed by atoms with Gasteiger partial charge in [-0.3, -0.25) is 9.69 Å². The third-order valence-electron chi connectivity index (χ3n) is 7.80. The van der Waals surface area contributed by atoms with Crippen molar-refractivity contribution < 1.29 is 19.1 Å². The zero-order chi connectivity index (χ0) is 28.9. The average molecular weight is 565 g/mol. The van der Waals surface area contributed by atoms with Crippen LogP contribution >= 0.6 is 0 Å². The van der Waals surface area contributed by atoms with Gasteiger partial charge in [0.25, 0.3) is 0 Å². The zero-order valence-corrected chi connectivity index (χ0v) is 24.9. The molecule has 0 aliphatic carbocycles. The van der Waals surface area contributed by atoms with Gasteiger partial charge in [0.1, 0.15) is 18.4 Å². The van der Waals surface area contributed by atoms with Gasteiger partial charge in [-0.15, -0.1) is 0 Å². The van der Waals surface area contributed by atoms with Gasteiger partial charge in [0.05, 0.1) is 13.2 Å². The molecule has 0 bridgehead atoms. The summed E-state index contributed by atoms with van der Waals surface area (Å²) < 4.78 is 11.5. The highest BCUT2D eigenvalue weighted by Crippen LogP contribution is 2.17. The number of likely N-dealkylation sites (tertiary alicyclic amines) is 1. The van der Waals surface area contributed by atoms with Crippen molar-refractivity contribution in [2.45, 2.75) is 71.1 Å². The van der Waals surface area contributed by atoms with Crippen LogP contribution in [0.2, 0.25) is 0 Å². The van der Waals surface area contributed by atoms with Crippen LogP contribution in [0.3, 0.4) is 0 Å². The Hall–Kier alpha value is -3.10. The first-order valence-corrected chi connectivity index (χ1v) is 15.4. The predicted octanol–water partition coefficient (Wildman–Crippen LogP) is 4.63. The number of rotatable bonds is 12. The van der Waals surface area contributed by atoms with Crippen LogP contribution in [0.5, 0.6) is 5.75 Å². The van der Waals surface area contributed by atoms with E-state index < -0.39 is 6.04 Å². The molecule has 3 amide bonds. The molecule has 2 fully saturated rings. The van der Waals surface area contributed by atoms with Crippen LogP contribution in [0.1, 0.15) is 57.1 Å². The molecule has 0 spiro atoms. The highest BCUT2D eigenvalue weighted by molar-refractivity contribution is 5.87. The van der Waals surface area contributed by atoms with Crippen LogP contribution in [-0.2, 0) is 22.6 Å². The topological polar surface area (TPSA) is 83.1 Å². The molecule has 224 valence electrons. The summed E-state index contributed by atoms with van der Waals surface area (Å²) in [6.07, 6.45) is 5.64. The lowest BCUT2D eigenvalue weighted by molar-refractivity contribution is -0.124. The highest BCUT2D eigenvalue weighted by Gasteiger charge is 2.28. The second-order valence-corrected chi connectivity index (χ2v) is 11.8. The smallest absolute Gasteiger partial charge is 0.318 e. The minimum atomic E-state index is -0.563. The molecule has 2 N–H and O–H groups in total. The van der Waals surface area contributed by atoms with E-state index in [0.717, 1.165) is 75.3 Å². The van der Waals surface area contributed by atoms with Gasteiger partial charge in [-0.1, -0.05) is 69.2 Å². The molecule has 2 aromatic rings. The number of urea groups is 1. The monoisotopic (exact) mass is 564 g/mol. The van der Waals surface area contributed by atoms with E-state index in [0.29, 0.717) is 32.7 Å². The fourth-order valence-electron chi connectivity index (χ4n) is 5.52. The molecule has 2 aliphatic rings. The van der Waals surface area contributed by atoms with Gasteiger partial charge < -0.3 is 25.0 Å². The van der Waals surface area contributed by atoms with E-state index >= 15 is 0 Å². The maximum Gasteiger partial charge on any atom is 0.318 e. The van der Waals surface area contributed by atoms with E-state index in [9.17, 15) is 9.59 Å². The minimum absolute atomic E-state index is 0.0959. The minimum Gasteiger partial charge on any atom is -0.489 e. The summed E-state index contributed by atoms with van der Waals surface area (Å²) in [5.41, 5.74) is 2.26. The molecule has 2 saturated heterocycles. The van der Waals surface area contributed by atoms with E-state index in [1.165, 1.54) is 0 Å². The molecule has 2 heterocycles. The number of ether oxygens (including phenoxy) is 2. The quantitative estimate of drug-likeness (QED) is 0.393. The second kappa shape index (κ2) is 16.4. The Morgan fingerprint density at radius 3 is 2.20 bits per heavy atom. The van der Waals surface area contributed by atoms with Crippen LogP contribution in [0, 0.1) is 5.92 Å². The van der Waals surface area contributed by atoms with Crippen molar-refractivity contribution in [2.24, 2.45) is 5.92 Å². The maximum absolute atomic E-state index is 13.7. The Bertz CT molecular complexity index is 1050. The predicted molar refractivity (Wildman–Crippen MR) is 162 cm³/mol. The third kappa shape index (κ3) is 10.7.